The molecule has 0 radical (unpaired) electrons. The van der Waals surface area contributed by atoms with E-state index < -0.39 is 0 Å². The molecule has 23 heavy (non-hydrogen) atoms. The smallest absolute Gasteiger partial charge is 0.236 e. The summed E-state index contributed by atoms with van der Waals surface area (Å²) in [6.07, 6.45) is 0.964. The monoisotopic (exact) mass is 323 g/mol. The minimum atomic E-state index is -0.234. The number of carbonyl (C=O) groups is 1. The standard InChI is InChI=1S/C17H26FN3O2/c1-2-7-19(12-13-22)14-17(23)21-10-8-20(9-11-21)16-5-3-15(18)4-6-16/h3-6,22H,2,7-14H2,1H3. The topological polar surface area (TPSA) is 47.0 Å². The second-order valence-electron chi connectivity index (χ2n) is 5.84. The highest BCUT2D eigenvalue weighted by Gasteiger charge is 2.22. The number of halogens is 1. The lowest BCUT2D eigenvalue weighted by atomic mass is 10.2. The van der Waals surface area contributed by atoms with Gasteiger partial charge in [-0.3, -0.25) is 9.69 Å². The van der Waals surface area contributed by atoms with E-state index in [0.717, 1.165) is 31.7 Å². The molecule has 2 rings (SSSR count). The number of nitrogens with zero attached hydrogens (tertiary/aromatic N) is 3. The van der Waals surface area contributed by atoms with Gasteiger partial charge in [-0.1, -0.05) is 6.92 Å². The first-order valence-corrected chi connectivity index (χ1v) is 8.25. The summed E-state index contributed by atoms with van der Waals surface area (Å²) < 4.78 is 13.0. The van der Waals surface area contributed by atoms with Crippen LogP contribution in [0.4, 0.5) is 10.1 Å². The second kappa shape index (κ2) is 8.84. The van der Waals surface area contributed by atoms with E-state index in [-0.39, 0.29) is 18.3 Å². The van der Waals surface area contributed by atoms with Gasteiger partial charge in [-0.2, -0.15) is 0 Å². The Hall–Kier alpha value is -1.66. The number of rotatable bonds is 7. The van der Waals surface area contributed by atoms with Crippen molar-refractivity contribution in [1.82, 2.24) is 9.80 Å². The van der Waals surface area contributed by atoms with E-state index in [2.05, 4.69) is 11.8 Å². The fourth-order valence-electron chi connectivity index (χ4n) is 2.88. The molecule has 0 aromatic heterocycles. The molecule has 1 N–H and O–H groups in total. The maximum Gasteiger partial charge on any atom is 0.236 e. The van der Waals surface area contributed by atoms with Gasteiger partial charge in [-0.05, 0) is 37.2 Å². The highest BCUT2D eigenvalue weighted by molar-refractivity contribution is 5.78. The fraction of sp³-hybridized carbons (Fsp3) is 0.588. The van der Waals surface area contributed by atoms with Crippen LogP contribution in [0.15, 0.2) is 24.3 Å². The van der Waals surface area contributed by atoms with E-state index in [1.54, 1.807) is 12.1 Å². The Kier molecular flexibility index (Phi) is 6.80. The Morgan fingerprint density at radius 2 is 1.83 bits per heavy atom. The number of amides is 1. The normalized spacial score (nSPS) is 15.3. The van der Waals surface area contributed by atoms with Crippen molar-refractivity contribution < 1.29 is 14.3 Å². The van der Waals surface area contributed by atoms with E-state index in [1.165, 1.54) is 12.1 Å². The summed E-state index contributed by atoms with van der Waals surface area (Å²) in [6.45, 7) is 6.73. The molecule has 1 heterocycles. The molecule has 5 nitrogen and oxygen atoms in total. The van der Waals surface area contributed by atoms with Crippen LogP contribution in [-0.4, -0.2) is 73.2 Å². The van der Waals surface area contributed by atoms with Gasteiger partial charge in [0.2, 0.25) is 5.91 Å². The second-order valence-corrected chi connectivity index (χ2v) is 5.84. The first-order chi connectivity index (χ1) is 11.1. The summed E-state index contributed by atoms with van der Waals surface area (Å²) in [5, 5.41) is 9.07. The molecule has 1 aliphatic heterocycles. The average molecular weight is 323 g/mol. The van der Waals surface area contributed by atoms with Gasteiger partial charge in [0.05, 0.1) is 13.2 Å². The number of aliphatic hydroxyl groups is 1. The third-order valence-electron chi connectivity index (χ3n) is 4.14. The van der Waals surface area contributed by atoms with Gasteiger partial charge in [0.1, 0.15) is 5.82 Å². The van der Waals surface area contributed by atoms with Crippen LogP contribution in [0.2, 0.25) is 0 Å². The lowest BCUT2D eigenvalue weighted by Gasteiger charge is -2.37. The van der Waals surface area contributed by atoms with Gasteiger partial charge in [-0.25, -0.2) is 4.39 Å². The molecule has 0 bridgehead atoms. The molecule has 0 aliphatic carbocycles. The van der Waals surface area contributed by atoms with Crippen LogP contribution in [0, 0.1) is 5.82 Å². The molecule has 0 unspecified atom stereocenters. The van der Waals surface area contributed by atoms with Crippen molar-refractivity contribution in [2.75, 3.05) is 57.3 Å². The summed E-state index contributed by atoms with van der Waals surface area (Å²) in [5.74, 6) is -0.117. The number of hydrogen-bond acceptors (Lipinski definition) is 4. The van der Waals surface area contributed by atoms with Crippen molar-refractivity contribution in [3.05, 3.63) is 30.1 Å². The maximum absolute atomic E-state index is 13.0. The number of benzene rings is 1. The summed E-state index contributed by atoms with van der Waals surface area (Å²) in [6, 6.07) is 6.48. The molecule has 1 aromatic rings. The first kappa shape index (κ1) is 17.7. The van der Waals surface area contributed by atoms with E-state index in [9.17, 15) is 9.18 Å². The molecule has 128 valence electrons. The number of hydrogen-bond donors (Lipinski definition) is 1. The van der Waals surface area contributed by atoms with E-state index >= 15 is 0 Å². The number of carbonyl (C=O) groups excluding carboxylic acids is 1. The molecule has 1 fully saturated rings. The molecule has 0 spiro atoms. The summed E-state index contributed by atoms with van der Waals surface area (Å²) in [4.78, 5) is 18.4. The number of piperazine rings is 1. The van der Waals surface area contributed by atoms with Gasteiger partial charge in [0.25, 0.3) is 0 Å². The maximum atomic E-state index is 13.0. The fourth-order valence-corrected chi connectivity index (χ4v) is 2.88. The van der Waals surface area contributed by atoms with Crippen molar-refractivity contribution in [3.63, 3.8) is 0 Å². The zero-order chi connectivity index (χ0) is 16.7. The van der Waals surface area contributed by atoms with Crippen molar-refractivity contribution in [3.8, 4) is 0 Å². The summed E-state index contributed by atoms with van der Waals surface area (Å²) >= 11 is 0. The highest BCUT2D eigenvalue weighted by atomic mass is 19.1. The molecular weight excluding hydrogens is 297 g/mol. The Labute approximate surface area is 137 Å². The minimum absolute atomic E-state index is 0.0750. The number of aliphatic hydroxyl groups excluding tert-OH is 1. The molecule has 0 atom stereocenters. The largest absolute Gasteiger partial charge is 0.395 e. The van der Waals surface area contributed by atoms with Crippen LogP contribution in [0.3, 0.4) is 0 Å². The SMILES string of the molecule is CCCN(CCO)CC(=O)N1CCN(c2ccc(F)cc2)CC1. The highest BCUT2D eigenvalue weighted by Crippen LogP contribution is 2.17. The molecule has 1 amide bonds. The van der Waals surface area contributed by atoms with Crippen LogP contribution in [0.5, 0.6) is 0 Å². The summed E-state index contributed by atoms with van der Waals surface area (Å²) in [7, 11) is 0. The lowest BCUT2D eigenvalue weighted by Crippen LogP contribution is -2.51. The van der Waals surface area contributed by atoms with Crippen molar-refractivity contribution in [2.24, 2.45) is 0 Å². The molecule has 1 saturated heterocycles. The predicted octanol–water partition coefficient (Wildman–Crippen LogP) is 1.18. The Morgan fingerprint density at radius 3 is 2.39 bits per heavy atom. The van der Waals surface area contributed by atoms with Crippen molar-refractivity contribution in [1.29, 1.82) is 0 Å². The third-order valence-corrected chi connectivity index (χ3v) is 4.14. The van der Waals surface area contributed by atoms with Crippen LogP contribution in [0.25, 0.3) is 0 Å². The summed E-state index contributed by atoms with van der Waals surface area (Å²) in [5.41, 5.74) is 0.992. The zero-order valence-corrected chi connectivity index (χ0v) is 13.7. The van der Waals surface area contributed by atoms with E-state index in [0.29, 0.717) is 26.2 Å². The third kappa shape index (κ3) is 5.18. The zero-order valence-electron chi connectivity index (χ0n) is 13.7. The molecular formula is C17H26FN3O2. The first-order valence-electron chi connectivity index (χ1n) is 8.25. The van der Waals surface area contributed by atoms with Crippen LogP contribution < -0.4 is 4.90 Å². The molecule has 6 heteroatoms. The van der Waals surface area contributed by atoms with E-state index in [4.69, 9.17) is 5.11 Å². The quantitative estimate of drug-likeness (QED) is 0.818. The van der Waals surface area contributed by atoms with Gasteiger partial charge >= 0.3 is 0 Å². The molecule has 0 saturated carbocycles. The van der Waals surface area contributed by atoms with Crippen LogP contribution >= 0.6 is 0 Å². The Bertz CT molecular complexity index is 481. The van der Waals surface area contributed by atoms with Crippen LogP contribution in [0.1, 0.15) is 13.3 Å². The van der Waals surface area contributed by atoms with Gasteiger partial charge < -0.3 is 14.9 Å². The molecule has 1 aromatic carbocycles. The Morgan fingerprint density at radius 1 is 1.17 bits per heavy atom. The van der Waals surface area contributed by atoms with Crippen molar-refractivity contribution in [2.45, 2.75) is 13.3 Å². The van der Waals surface area contributed by atoms with Gasteiger partial charge in [0.15, 0.2) is 0 Å². The van der Waals surface area contributed by atoms with Gasteiger partial charge in [-0.15, -0.1) is 0 Å². The minimum Gasteiger partial charge on any atom is -0.395 e. The Balaban J connectivity index is 1.83. The van der Waals surface area contributed by atoms with Crippen molar-refractivity contribution >= 4 is 11.6 Å². The number of anilines is 1. The predicted molar refractivity (Wildman–Crippen MR) is 89.0 cm³/mol. The average Bonchev–Trinajstić information content (AvgIpc) is 2.56. The van der Waals surface area contributed by atoms with Gasteiger partial charge in [0, 0.05) is 38.4 Å². The van der Waals surface area contributed by atoms with Crippen LogP contribution in [-0.2, 0) is 4.79 Å². The van der Waals surface area contributed by atoms with E-state index in [1.807, 2.05) is 9.80 Å². The molecule has 1 aliphatic rings. The lowest BCUT2D eigenvalue weighted by molar-refractivity contribution is -0.132.